The van der Waals surface area contributed by atoms with Crippen LogP contribution in [0.25, 0.3) is 17.0 Å². The van der Waals surface area contributed by atoms with Gasteiger partial charge in [0.15, 0.2) is 0 Å². The van der Waals surface area contributed by atoms with Crippen LogP contribution >= 0.6 is 23.4 Å². The van der Waals surface area contributed by atoms with E-state index in [1.807, 2.05) is 36.4 Å². The van der Waals surface area contributed by atoms with Gasteiger partial charge >= 0.3 is 0 Å². The highest BCUT2D eigenvalue weighted by atomic mass is 35.5. The Kier molecular flexibility index (Phi) is 4.34. The Hall–Kier alpha value is -2.75. The first-order chi connectivity index (χ1) is 13.7. The number of para-hydroxylation sites is 1. The molecule has 3 aromatic carbocycles. The van der Waals surface area contributed by atoms with Gasteiger partial charge in [0.2, 0.25) is 5.78 Å². The molecule has 0 bridgehead atoms. The third-order valence-electron chi connectivity index (χ3n) is 4.93. The molecule has 1 aliphatic rings. The number of hydrogen-bond donors (Lipinski definition) is 0. The molecule has 0 radical (unpaired) electrons. The fraction of sp³-hybridized carbons (Fsp3) is 0.0417. The van der Waals surface area contributed by atoms with Crippen LogP contribution in [-0.2, 0) is 6.54 Å². The predicted octanol–water partition coefficient (Wildman–Crippen LogP) is 6.67. The normalized spacial score (nSPS) is 14.8. The van der Waals surface area contributed by atoms with Crippen molar-refractivity contribution >= 4 is 46.1 Å². The molecular weight excluding hydrogens is 386 g/mol. The maximum absolute atomic E-state index is 12.8. The van der Waals surface area contributed by atoms with Crippen molar-refractivity contribution in [2.45, 2.75) is 11.4 Å². The molecule has 1 aliphatic heterocycles. The molecule has 0 fully saturated rings. The molecule has 2 nitrogen and oxygen atoms in total. The number of aromatic nitrogens is 1. The van der Waals surface area contributed by atoms with Gasteiger partial charge in [0, 0.05) is 44.7 Å². The van der Waals surface area contributed by atoms with Crippen molar-refractivity contribution in [3.63, 3.8) is 0 Å². The number of hydrogen-bond acceptors (Lipinski definition) is 2. The molecular formula is C24H16ClNOS. The first-order valence-corrected chi connectivity index (χ1v) is 10.2. The van der Waals surface area contributed by atoms with Crippen molar-refractivity contribution in [3.05, 3.63) is 106 Å². The second-order valence-electron chi connectivity index (χ2n) is 6.80. The molecule has 0 aliphatic carbocycles. The molecule has 28 heavy (non-hydrogen) atoms. The standard InChI is InChI=1S/C24H16ClNOS/c25-18-10-11-22-20(13-18)24(27)23(28-22)12-17-15-26(14-16-6-2-1-3-7-16)21-9-5-4-8-19(17)21/h1-13,15H,14H2. The summed E-state index contributed by atoms with van der Waals surface area (Å²) in [5, 5.41) is 1.74. The van der Waals surface area contributed by atoms with Crippen LogP contribution in [0.3, 0.4) is 0 Å². The average Bonchev–Trinajstić information content (AvgIpc) is 3.21. The molecule has 5 rings (SSSR count). The molecule has 0 spiro atoms. The summed E-state index contributed by atoms with van der Waals surface area (Å²) in [5.74, 6) is 0.0439. The van der Waals surface area contributed by atoms with Crippen molar-refractivity contribution in [1.29, 1.82) is 0 Å². The number of nitrogens with zero attached hydrogens (tertiary/aromatic N) is 1. The van der Waals surface area contributed by atoms with Crippen LogP contribution in [0.4, 0.5) is 0 Å². The molecule has 0 saturated carbocycles. The van der Waals surface area contributed by atoms with E-state index in [-0.39, 0.29) is 5.78 Å². The first kappa shape index (κ1) is 17.4. The number of Topliss-reactive ketones (excluding diaryl/α,β-unsaturated/α-hetero) is 1. The summed E-state index contributed by atoms with van der Waals surface area (Å²) in [5.41, 5.74) is 4.16. The van der Waals surface area contributed by atoms with Crippen molar-refractivity contribution in [2.24, 2.45) is 0 Å². The van der Waals surface area contributed by atoms with E-state index in [0.29, 0.717) is 10.6 Å². The van der Waals surface area contributed by atoms with Crippen molar-refractivity contribution in [3.8, 4) is 0 Å². The molecule has 0 amide bonds. The molecule has 2 heterocycles. The highest BCUT2D eigenvalue weighted by molar-refractivity contribution is 8.04. The minimum Gasteiger partial charge on any atom is -0.342 e. The smallest absolute Gasteiger partial charge is 0.200 e. The summed E-state index contributed by atoms with van der Waals surface area (Å²) >= 11 is 7.58. The number of halogens is 1. The fourth-order valence-corrected chi connectivity index (χ4v) is 4.80. The van der Waals surface area contributed by atoms with E-state index in [1.165, 1.54) is 17.3 Å². The summed E-state index contributed by atoms with van der Waals surface area (Å²) < 4.78 is 2.24. The number of fused-ring (bicyclic) bond motifs is 2. The average molecular weight is 402 g/mol. The zero-order valence-corrected chi connectivity index (χ0v) is 16.5. The van der Waals surface area contributed by atoms with Gasteiger partial charge in [0.05, 0.1) is 4.91 Å². The fourth-order valence-electron chi connectivity index (χ4n) is 3.60. The lowest BCUT2D eigenvalue weighted by atomic mass is 10.1. The number of allylic oxidation sites excluding steroid dienone is 1. The lowest BCUT2D eigenvalue weighted by Crippen LogP contribution is -1.97. The van der Waals surface area contributed by atoms with Gasteiger partial charge in [-0.2, -0.15) is 0 Å². The Morgan fingerprint density at radius 3 is 2.61 bits per heavy atom. The monoisotopic (exact) mass is 401 g/mol. The lowest BCUT2D eigenvalue weighted by molar-refractivity contribution is 0.104. The summed E-state index contributed by atoms with van der Waals surface area (Å²) in [6.07, 6.45) is 4.14. The lowest BCUT2D eigenvalue weighted by Gasteiger charge is -2.05. The maximum atomic E-state index is 12.8. The van der Waals surface area contributed by atoms with Gasteiger partial charge < -0.3 is 4.57 Å². The Bertz CT molecular complexity index is 1240. The Labute approximate surface area is 172 Å². The zero-order valence-electron chi connectivity index (χ0n) is 14.9. The van der Waals surface area contributed by atoms with Gasteiger partial charge in [0.1, 0.15) is 0 Å². The molecule has 4 aromatic rings. The molecule has 136 valence electrons. The largest absolute Gasteiger partial charge is 0.342 e. The summed E-state index contributed by atoms with van der Waals surface area (Å²) in [7, 11) is 0. The molecule has 0 saturated heterocycles. The van der Waals surface area contributed by atoms with Crippen LogP contribution in [0.2, 0.25) is 5.02 Å². The topological polar surface area (TPSA) is 22.0 Å². The number of carbonyl (C=O) groups is 1. The minimum atomic E-state index is 0.0439. The molecule has 0 N–H and O–H groups in total. The molecule has 0 unspecified atom stereocenters. The maximum Gasteiger partial charge on any atom is 0.200 e. The highest BCUT2D eigenvalue weighted by Gasteiger charge is 2.26. The summed E-state index contributed by atoms with van der Waals surface area (Å²) in [4.78, 5) is 14.5. The van der Waals surface area contributed by atoms with Crippen LogP contribution in [0, 0.1) is 0 Å². The zero-order chi connectivity index (χ0) is 19.1. The van der Waals surface area contributed by atoms with Gasteiger partial charge in [-0.15, -0.1) is 0 Å². The summed E-state index contributed by atoms with van der Waals surface area (Å²) in [6, 6.07) is 24.2. The van der Waals surface area contributed by atoms with Crippen LogP contribution < -0.4 is 0 Å². The number of carbonyl (C=O) groups excluding carboxylic acids is 1. The van der Waals surface area contributed by atoms with E-state index in [4.69, 9.17) is 11.6 Å². The minimum absolute atomic E-state index is 0.0439. The van der Waals surface area contributed by atoms with E-state index in [9.17, 15) is 4.79 Å². The van der Waals surface area contributed by atoms with Gasteiger partial charge in [-0.25, -0.2) is 0 Å². The Morgan fingerprint density at radius 2 is 1.75 bits per heavy atom. The van der Waals surface area contributed by atoms with Gasteiger partial charge in [-0.1, -0.05) is 71.9 Å². The van der Waals surface area contributed by atoms with Crippen LogP contribution in [0.1, 0.15) is 21.5 Å². The molecule has 1 aromatic heterocycles. The quantitative estimate of drug-likeness (QED) is 0.357. The SMILES string of the molecule is O=C1C(=Cc2cn(Cc3ccccc3)c3ccccc23)Sc2ccc(Cl)cc21. The number of ketones is 1. The van der Waals surface area contributed by atoms with E-state index in [1.54, 1.807) is 6.07 Å². The van der Waals surface area contributed by atoms with Crippen molar-refractivity contribution < 1.29 is 4.79 Å². The second kappa shape index (κ2) is 7.01. The van der Waals surface area contributed by atoms with E-state index < -0.39 is 0 Å². The third kappa shape index (κ3) is 3.07. The van der Waals surface area contributed by atoms with Gasteiger partial charge in [0.25, 0.3) is 0 Å². The Balaban J connectivity index is 1.57. The molecule has 0 atom stereocenters. The second-order valence-corrected chi connectivity index (χ2v) is 8.32. The number of benzene rings is 3. The van der Waals surface area contributed by atoms with E-state index in [0.717, 1.165) is 32.8 Å². The van der Waals surface area contributed by atoms with E-state index in [2.05, 4.69) is 47.2 Å². The van der Waals surface area contributed by atoms with Crippen molar-refractivity contribution in [2.75, 3.05) is 0 Å². The summed E-state index contributed by atoms with van der Waals surface area (Å²) in [6.45, 7) is 0.793. The van der Waals surface area contributed by atoms with Gasteiger partial charge in [-0.05, 0) is 35.9 Å². The van der Waals surface area contributed by atoms with Crippen LogP contribution in [-0.4, -0.2) is 10.4 Å². The van der Waals surface area contributed by atoms with Crippen molar-refractivity contribution in [1.82, 2.24) is 4.57 Å². The molecule has 4 heteroatoms. The predicted molar refractivity (Wildman–Crippen MR) is 117 cm³/mol. The van der Waals surface area contributed by atoms with Crippen LogP contribution in [0.5, 0.6) is 0 Å². The third-order valence-corrected chi connectivity index (χ3v) is 6.27. The highest BCUT2D eigenvalue weighted by Crippen LogP contribution is 2.42. The van der Waals surface area contributed by atoms with E-state index >= 15 is 0 Å². The van der Waals surface area contributed by atoms with Crippen LogP contribution in [0.15, 0.2) is 88.8 Å². The Morgan fingerprint density at radius 1 is 0.964 bits per heavy atom. The van der Waals surface area contributed by atoms with Gasteiger partial charge in [-0.3, -0.25) is 4.79 Å². The number of rotatable bonds is 3. The first-order valence-electron chi connectivity index (χ1n) is 9.05. The number of thioether (sulfide) groups is 1.